The minimum Gasteiger partial charge on any atom is -0.379 e. The summed E-state index contributed by atoms with van der Waals surface area (Å²) < 4.78 is 10.3. The highest BCUT2D eigenvalue weighted by Gasteiger charge is 2.11. The van der Waals surface area contributed by atoms with E-state index >= 15 is 0 Å². The molecule has 0 radical (unpaired) electrons. The molecule has 0 amide bonds. The minimum atomic E-state index is -0.833. The zero-order chi connectivity index (χ0) is 11.5. The van der Waals surface area contributed by atoms with E-state index in [1.807, 2.05) is 0 Å². The number of hydrogen-bond acceptors (Lipinski definition) is 5. The second-order valence-electron chi connectivity index (χ2n) is 2.98. The minimum absolute atomic E-state index is 0.266. The smallest absolute Gasteiger partial charge is 0.131 e. The number of nitrogens with two attached hydrogens (primary N) is 2. The van der Waals surface area contributed by atoms with Crippen LogP contribution in [0.15, 0.2) is 0 Å². The molecule has 2 unspecified atom stereocenters. The van der Waals surface area contributed by atoms with E-state index in [4.69, 9.17) is 20.9 Å². The van der Waals surface area contributed by atoms with Gasteiger partial charge in [-0.3, -0.25) is 0 Å². The third-order valence-corrected chi connectivity index (χ3v) is 1.64. The van der Waals surface area contributed by atoms with Crippen molar-refractivity contribution < 1.29 is 14.6 Å². The van der Waals surface area contributed by atoms with Crippen LogP contribution in [0.3, 0.4) is 0 Å². The fourth-order valence-electron chi connectivity index (χ4n) is 0.869. The van der Waals surface area contributed by atoms with Crippen molar-refractivity contribution in [2.75, 3.05) is 33.0 Å². The molecular weight excluding hydrogens is 196 g/mol. The van der Waals surface area contributed by atoms with Crippen molar-refractivity contribution in [3.8, 4) is 11.8 Å². The van der Waals surface area contributed by atoms with Crippen molar-refractivity contribution >= 4 is 0 Å². The van der Waals surface area contributed by atoms with E-state index in [0.29, 0.717) is 26.4 Å². The van der Waals surface area contributed by atoms with Crippen LogP contribution in [0.25, 0.3) is 0 Å². The number of ether oxygens (including phenoxy) is 2. The van der Waals surface area contributed by atoms with Crippen LogP contribution in [-0.2, 0) is 9.47 Å². The average molecular weight is 216 g/mol. The summed E-state index contributed by atoms with van der Waals surface area (Å²) in [4.78, 5) is 0. The molecular formula is C10H20N2O3. The lowest BCUT2D eigenvalue weighted by Crippen LogP contribution is -2.38. The van der Waals surface area contributed by atoms with Crippen LogP contribution in [0.1, 0.15) is 6.92 Å². The summed E-state index contributed by atoms with van der Waals surface area (Å²) in [5.74, 6) is 5.15. The van der Waals surface area contributed by atoms with Crippen LogP contribution in [0, 0.1) is 11.8 Å². The summed E-state index contributed by atoms with van der Waals surface area (Å²) >= 11 is 0. The van der Waals surface area contributed by atoms with Gasteiger partial charge in [-0.2, -0.15) is 0 Å². The Labute approximate surface area is 90.7 Å². The SMILES string of the molecule is CC#CC(O)C(N)COCCOCCN. The largest absolute Gasteiger partial charge is 0.379 e. The lowest BCUT2D eigenvalue weighted by atomic mass is 10.2. The quantitative estimate of drug-likeness (QED) is 0.346. The standard InChI is InChI=1S/C10H20N2O3/c1-2-3-10(13)9(12)8-15-7-6-14-5-4-11/h9-10,13H,4-8,11-12H2,1H3. The van der Waals surface area contributed by atoms with Crippen LogP contribution in [0.4, 0.5) is 0 Å². The van der Waals surface area contributed by atoms with E-state index in [1.165, 1.54) is 0 Å². The fourth-order valence-corrected chi connectivity index (χ4v) is 0.869. The van der Waals surface area contributed by atoms with Gasteiger partial charge in [0.05, 0.1) is 32.5 Å². The van der Waals surface area contributed by atoms with Crippen LogP contribution in [0.2, 0.25) is 0 Å². The van der Waals surface area contributed by atoms with Crippen LogP contribution >= 0.6 is 0 Å². The molecule has 0 rings (SSSR count). The molecule has 5 nitrogen and oxygen atoms in total. The molecule has 0 saturated heterocycles. The summed E-state index contributed by atoms with van der Waals surface area (Å²) in [6, 6.07) is -0.480. The lowest BCUT2D eigenvalue weighted by Gasteiger charge is -2.14. The van der Waals surface area contributed by atoms with Crippen LogP contribution in [-0.4, -0.2) is 50.2 Å². The molecule has 88 valence electrons. The van der Waals surface area contributed by atoms with Crippen LogP contribution < -0.4 is 11.5 Å². The Kier molecular flexibility index (Phi) is 9.48. The van der Waals surface area contributed by atoms with Crippen molar-refractivity contribution in [3.05, 3.63) is 0 Å². The Bertz CT molecular complexity index is 201. The van der Waals surface area contributed by atoms with Gasteiger partial charge < -0.3 is 26.0 Å². The number of hydrogen-bond donors (Lipinski definition) is 3. The number of rotatable bonds is 8. The molecule has 0 bridgehead atoms. The Morgan fingerprint density at radius 3 is 2.53 bits per heavy atom. The summed E-state index contributed by atoms with van der Waals surface area (Å²) in [5.41, 5.74) is 10.8. The third-order valence-electron chi connectivity index (χ3n) is 1.64. The number of aliphatic hydroxyl groups is 1. The van der Waals surface area contributed by atoms with Gasteiger partial charge in [0, 0.05) is 6.54 Å². The molecule has 5 N–H and O–H groups in total. The normalized spacial score (nSPS) is 14.1. The summed E-state index contributed by atoms with van der Waals surface area (Å²) in [6.07, 6.45) is -0.833. The van der Waals surface area contributed by atoms with Crippen molar-refractivity contribution in [3.63, 3.8) is 0 Å². The van der Waals surface area contributed by atoms with Crippen LogP contribution in [0.5, 0.6) is 0 Å². The van der Waals surface area contributed by atoms with Gasteiger partial charge in [-0.1, -0.05) is 5.92 Å². The maximum atomic E-state index is 9.33. The van der Waals surface area contributed by atoms with Crippen molar-refractivity contribution in [1.82, 2.24) is 0 Å². The van der Waals surface area contributed by atoms with Gasteiger partial charge in [0.2, 0.25) is 0 Å². The van der Waals surface area contributed by atoms with Crippen molar-refractivity contribution in [2.45, 2.75) is 19.1 Å². The molecule has 5 heteroatoms. The van der Waals surface area contributed by atoms with Gasteiger partial charge in [-0.25, -0.2) is 0 Å². The highest BCUT2D eigenvalue weighted by atomic mass is 16.5. The molecule has 0 saturated carbocycles. The van der Waals surface area contributed by atoms with E-state index in [9.17, 15) is 5.11 Å². The first-order chi connectivity index (χ1) is 7.22. The van der Waals surface area contributed by atoms with Crippen molar-refractivity contribution in [2.24, 2.45) is 11.5 Å². The summed E-state index contributed by atoms with van der Waals surface area (Å²) in [6.45, 7) is 3.88. The predicted molar refractivity (Wildman–Crippen MR) is 58.1 cm³/mol. The highest BCUT2D eigenvalue weighted by molar-refractivity contribution is 5.05. The lowest BCUT2D eigenvalue weighted by molar-refractivity contribution is 0.0330. The van der Waals surface area contributed by atoms with Gasteiger partial charge >= 0.3 is 0 Å². The number of aliphatic hydroxyl groups excluding tert-OH is 1. The van der Waals surface area contributed by atoms with E-state index in [2.05, 4.69) is 11.8 Å². The first-order valence-corrected chi connectivity index (χ1v) is 4.93. The third kappa shape index (κ3) is 8.36. The highest BCUT2D eigenvalue weighted by Crippen LogP contribution is 1.90. The maximum Gasteiger partial charge on any atom is 0.131 e. The monoisotopic (exact) mass is 216 g/mol. The molecule has 0 heterocycles. The maximum absolute atomic E-state index is 9.33. The Hall–Kier alpha value is -0.640. The summed E-state index contributed by atoms with van der Waals surface area (Å²) in [7, 11) is 0. The topological polar surface area (TPSA) is 90.7 Å². The van der Waals surface area contributed by atoms with E-state index in [-0.39, 0.29) is 6.61 Å². The molecule has 0 aromatic carbocycles. The van der Waals surface area contributed by atoms with E-state index < -0.39 is 12.1 Å². The Morgan fingerprint density at radius 2 is 1.93 bits per heavy atom. The Balaban J connectivity index is 3.37. The van der Waals surface area contributed by atoms with E-state index in [0.717, 1.165) is 0 Å². The predicted octanol–water partition coefficient (Wildman–Crippen LogP) is -1.31. The van der Waals surface area contributed by atoms with Gasteiger partial charge in [-0.15, -0.1) is 5.92 Å². The zero-order valence-corrected chi connectivity index (χ0v) is 9.11. The van der Waals surface area contributed by atoms with Gasteiger partial charge in [0.15, 0.2) is 0 Å². The molecule has 0 aliphatic heterocycles. The second kappa shape index (κ2) is 9.90. The first-order valence-electron chi connectivity index (χ1n) is 4.93. The average Bonchev–Trinajstić information content (AvgIpc) is 2.23. The van der Waals surface area contributed by atoms with Gasteiger partial charge in [0.1, 0.15) is 6.10 Å². The molecule has 0 aromatic heterocycles. The van der Waals surface area contributed by atoms with E-state index in [1.54, 1.807) is 6.92 Å². The summed E-state index contributed by atoms with van der Waals surface area (Å²) in [5, 5.41) is 9.33. The first kappa shape index (κ1) is 14.4. The molecule has 2 atom stereocenters. The molecule has 0 aliphatic carbocycles. The molecule has 0 aliphatic rings. The molecule has 0 aromatic rings. The fraction of sp³-hybridized carbons (Fsp3) is 0.800. The molecule has 15 heavy (non-hydrogen) atoms. The zero-order valence-electron chi connectivity index (χ0n) is 9.11. The molecule has 0 spiro atoms. The van der Waals surface area contributed by atoms with Gasteiger partial charge in [-0.05, 0) is 6.92 Å². The second-order valence-corrected chi connectivity index (χ2v) is 2.98. The Morgan fingerprint density at radius 1 is 1.27 bits per heavy atom. The van der Waals surface area contributed by atoms with Crippen molar-refractivity contribution in [1.29, 1.82) is 0 Å². The van der Waals surface area contributed by atoms with Gasteiger partial charge in [0.25, 0.3) is 0 Å². The molecule has 0 fully saturated rings.